The van der Waals surface area contributed by atoms with E-state index in [1.165, 1.54) is 11.3 Å². The topological polar surface area (TPSA) is 72.3 Å². The Hall–Kier alpha value is -1.95. The lowest BCUT2D eigenvalue weighted by molar-refractivity contribution is 0.0697. The SMILES string of the molecule is CC(C)(C)c1cc(OCc2ncccn2)c(C(=O)O)s1. The number of hydrogen-bond acceptors (Lipinski definition) is 5. The first-order valence-corrected chi connectivity index (χ1v) is 6.96. The Balaban J connectivity index is 2.22. The van der Waals surface area contributed by atoms with Gasteiger partial charge in [-0.3, -0.25) is 0 Å². The number of hydrogen-bond donors (Lipinski definition) is 1. The number of rotatable bonds is 4. The standard InChI is InChI=1S/C14H16N2O3S/c1-14(2,3)10-7-9(12(20-10)13(17)18)19-8-11-15-5-4-6-16-11/h4-7H,8H2,1-3H3,(H,17,18). The Labute approximate surface area is 121 Å². The molecule has 0 saturated carbocycles. The van der Waals surface area contributed by atoms with Crippen molar-refractivity contribution in [2.75, 3.05) is 0 Å². The molecular formula is C14H16N2O3S. The predicted molar refractivity (Wildman–Crippen MR) is 76.3 cm³/mol. The number of aromatic carboxylic acids is 1. The molecule has 5 nitrogen and oxygen atoms in total. The van der Waals surface area contributed by atoms with E-state index in [4.69, 9.17) is 4.74 Å². The van der Waals surface area contributed by atoms with Crippen LogP contribution in [0.15, 0.2) is 24.5 Å². The van der Waals surface area contributed by atoms with Crippen molar-refractivity contribution in [1.82, 2.24) is 9.97 Å². The number of ether oxygens (including phenoxy) is 1. The summed E-state index contributed by atoms with van der Waals surface area (Å²) in [4.78, 5) is 20.5. The zero-order valence-electron chi connectivity index (χ0n) is 11.6. The monoisotopic (exact) mass is 292 g/mol. The van der Waals surface area contributed by atoms with Gasteiger partial charge in [0.25, 0.3) is 0 Å². The molecule has 0 amide bonds. The van der Waals surface area contributed by atoms with Crippen molar-refractivity contribution in [2.24, 2.45) is 0 Å². The smallest absolute Gasteiger partial charge is 0.349 e. The minimum atomic E-state index is -0.977. The molecule has 2 aromatic rings. The molecule has 2 aromatic heterocycles. The van der Waals surface area contributed by atoms with Crippen molar-refractivity contribution < 1.29 is 14.6 Å². The largest absolute Gasteiger partial charge is 0.484 e. The van der Waals surface area contributed by atoms with Crippen LogP contribution in [-0.4, -0.2) is 21.0 Å². The number of thiophene rings is 1. The van der Waals surface area contributed by atoms with Gasteiger partial charge in [-0.15, -0.1) is 11.3 Å². The lowest BCUT2D eigenvalue weighted by Gasteiger charge is -2.14. The molecule has 20 heavy (non-hydrogen) atoms. The summed E-state index contributed by atoms with van der Waals surface area (Å²) in [5, 5.41) is 9.24. The highest BCUT2D eigenvalue weighted by Crippen LogP contribution is 2.37. The third kappa shape index (κ3) is 3.33. The van der Waals surface area contributed by atoms with Crippen molar-refractivity contribution in [3.63, 3.8) is 0 Å². The molecule has 0 atom stereocenters. The van der Waals surface area contributed by atoms with Gasteiger partial charge in [-0.1, -0.05) is 20.8 Å². The number of aromatic nitrogens is 2. The first kappa shape index (κ1) is 14.5. The van der Waals surface area contributed by atoms with Gasteiger partial charge in [0.05, 0.1) is 0 Å². The van der Waals surface area contributed by atoms with Gasteiger partial charge in [0, 0.05) is 17.3 Å². The first-order chi connectivity index (χ1) is 9.38. The predicted octanol–water partition coefficient (Wildman–Crippen LogP) is 3.11. The summed E-state index contributed by atoms with van der Waals surface area (Å²) in [5.41, 5.74) is -0.111. The molecule has 1 N–H and O–H groups in total. The highest BCUT2D eigenvalue weighted by Gasteiger charge is 2.23. The van der Waals surface area contributed by atoms with E-state index in [9.17, 15) is 9.90 Å². The molecule has 0 aliphatic rings. The van der Waals surface area contributed by atoms with Crippen LogP contribution in [0.5, 0.6) is 5.75 Å². The second-order valence-electron chi connectivity index (χ2n) is 5.31. The van der Waals surface area contributed by atoms with Crippen LogP contribution in [0.25, 0.3) is 0 Å². The molecule has 0 unspecified atom stereocenters. The molecule has 106 valence electrons. The fourth-order valence-electron chi connectivity index (χ4n) is 1.55. The van der Waals surface area contributed by atoms with Crippen molar-refractivity contribution in [2.45, 2.75) is 32.8 Å². The van der Waals surface area contributed by atoms with Crippen LogP contribution in [0, 0.1) is 0 Å². The summed E-state index contributed by atoms with van der Waals surface area (Å²) in [6.07, 6.45) is 3.25. The lowest BCUT2D eigenvalue weighted by Crippen LogP contribution is -2.08. The van der Waals surface area contributed by atoms with Gasteiger partial charge >= 0.3 is 5.97 Å². The van der Waals surface area contributed by atoms with Crippen molar-refractivity contribution >= 4 is 17.3 Å². The van der Waals surface area contributed by atoms with E-state index in [1.807, 2.05) is 20.8 Å². The summed E-state index contributed by atoms with van der Waals surface area (Å²) in [7, 11) is 0. The van der Waals surface area contributed by atoms with Crippen molar-refractivity contribution in [1.29, 1.82) is 0 Å². The molecule has 2 heterocycles. The first-order valence-electron chi connectivity index (χ1n) is 6.14. The number of carbonyl (C=O) groups is 1. The second-order valence-corrected chi connectivity index (χ2v) is 6.37. The lowest BCUT2D eigenvalue weighted by atomic mass is 9.95. The van der Waals surface area contributed by atoms with Gasteiger partial charge in [0.1, 0.15) is 12.4 Å². The fraction of sp³-hybridized carbons (Fsp3) is 0.357. The van der Waals surface area contributed by atoms with E-state index in [0.29, 0.717) is 11.6 Å². The Kier molecular flexibility index (Phi) is 4.04. The van der Waals surface area contributed by atoms with Crippen LogP contribution in [0.1, 0.15) is 41.1 Å². The van der Waals surface area contributed by atoms with Gasteiger partial charge in [-0.2, -0.15) is 0 Å². The minimum absolute atomic E-state index is 0.111. The van der Waals surface area contributed by atoms with E-state index < -0.39 is 5.97 Å². The van der Waals surface area contributed by atoms with Gasteiger partial charge in [0.2, 0.25) is 0 Å². The van der Waals surface area contributed by atoms with Crippen LogP contribution >= 0.6 is 11.3 Å². The maximum Gasteiger partial charge on any atom is 0.349 e. The Bertz CT molecular complexity index is 603. The molecule has 0 aliphatic carbocycles. The summed E-state index contributed by atoms with van der Waals surface area (Å²) in [5.74, 6) is -0.0818. The van der Waals surface area contributed by atoms with Crippen LogP contribution in [0.4, 0.5) is 0 Å². The highest BCUT2D eigenvalue weighted by molar-refractivity contribution is 7.14. The van der Waals surface area contributed by atoms with E-state index in [2.05, 4.69) is 9.97 Å². The molecule has 0 fully saturated rings. The van der Waals surface area contributed by atoms with Gasteiger partial charge in [0.15, 0.2) is 10.7 Å². The number of nitrogens with zero attached hydrogens (tertiary/aromatic N) is 2. The van der Waals surface area contributed by atoms with Crippen LogP contribution < -0.4 is 4.74 Å². The number of carboxylic acid groups (broad SMARTS) is 1. The number of carboxylic acids is 1. The maximum absolute atomic E-state index is 11.3. The molecule has 2 rings (SSSR count). The fourth-order valence-corrected chi connectivity index (χ4v) is 2.54. The van der Waals surface area contributed by atoms with Crippen LogP contribution in [0.2, 0.25) is 0 Å². The highest BCUT2D eigenvalue weighted by atomic mass is 32.1. The average molecular weight is 292 g/mol. The normalized spacial score (nSPS) is 11.3. The summed E-state index contributed by atoms with van der Waals surface area (Å²) in [6, 6.07) is 3.51. The zero-order valence-corrected chi connectivity index (χ0v) is 12.4. The zero-order chi connectivity index (χ0) is 14.8. The summed E-state index contributed by atoms with van der Waals surface area (Å²) < 4.78 is 5.56. The molecule has 6 heteroatoms. The Morgan fingerprint density at radius 3 is 2.55 bits per heavy atom. The van der Waals surface area contributed by atoms with E-state index >= 15 is 0 Å². The maximum atomic E-state index is 11.3. The molecule has 0 spiro atoms. The molecular weight excluding hydrogens is 276 g/mol. The van der Waals surface area contributed by atoms with E-state index in [0.717, 1.165) is 4.88 Å². The molecule has 0 bridgehead atoms. The molecule has 0 aromatic carbocycles. The third-order valence-corrected chi connectivity index (χ3v) is 4.14. The summed E-state index contributed by atoms with van der Waals surface area (Å²) in [6.45, 7) is 6.26. The second kappa shape index (κ2) is 5.58. The van der Waals surface area contributed by atoms with Crippen molar-refractivity contribution in [3.05, 3.63) is 40.1 Å². The quantitative estimate of drug-likeness (QED) is 0.937. The van der Waals surface area contributed by atoms with Crippen molar-refractivity contribution in [3.8, 4) is 5.75 Å². The minimum Gasteiger partial charge on any atom is -0.484 e. The van der Waals surface area contributed by atoms with Gasteiger partial charge < -0.3 is 9.84 Å². The Morgan fingerprint density at radius 1 is 1.35 bits per heavy atom. The molecule has 0 saturated heterocycles. The van der Waals surface area contributed by atoms with Crippen LogP contribution in [-0.2, 0) is 12.0 Å². The van der Waals surface area contributed by atoms with Crippen LogP contribution in [0.3, 0.4) is 0 Å². The Morgan fingerprint density at radius 2 is 2.00 bits per heavy atom. The van der Waals surface area contributed by atoms with Gasteiger partial charge in [-0.25, -0.2) is 14.8 Å². The summed E-state index contributed by atoms with van der Waals surface area (Å²) >= 11 is 1.24. The van der Waals surface area contributed by atoms with Gasteiger partial charge in [-0.05, 0) is 17.5 Å². The molecule has 0 aliphatic heterocycles. The van der Waals surface area contributed by atoms with E-state index in [-0.39, 0.29) is 16.9 Å². The third-order valence-electron chi connectivity index (χ3n) is 2.61. The molecule has 0 radical (unpaired) electrons. The average Bonchev–Trinajstić information content (AvgIpc) is 2.82. The van der Waals surface area contributed by atoms with E-state index in [1.54, 1.807) is 24.5 Å².